The van der Waals surface area contributed by atoms with Crippen LogP contribution in [0.3, 0.4) is 0 Å². The highest BCUT2D eigenvalue weighted by Crippen LogP contribution is 2.36. The van der Waals surface area contributed by atoms with Crippen LogP contribution in [-0.4, -0.2) is 36.3 Å². The van der Waals surface area contributed by atoms with Gasteiger partial charge in [-0.15, -0.1) is 0 Å². The summed E-state index contributed by atoms with van der Waals surface area (Å²) >= 11 is 0. The number of aromatic hydroxyl groups is 1. The molecule has 6 nitrogen and oxygen atoms in total. The fourth-order valence-electron chi connectivity index (χ4n) is 3.01. The summed E-state index contributed by atoms with van der Waals surface area (Å²) in [6, 6.07) is 8.73. The second kappa shape index (κ2) is 7.98. The van der Waals surface area contributed by atoms with Gasteiger partial charge in [0, 0.05) is 32.4 Å². The van der Waals surface area contributed by atoms with E-state index in [1.54, 1.807) is 31.4 Å². The highest BCUT2D eigenvalue weighted by Gasteiger charge is 2.26. The molecule has 1 aliphatic carbocycles. The zero-order chi connectivity index (χ0) is 17.6. The van der Waals surface area contributed by atoms with Crippen molar-refractivity contribution in [3.8, 4) is 11.6 Å². The van der Waals surface area contributed by atoms with Crippen LogP contribution in [0.1, 0.15) is 40.4 Å². The third-order valence-electron chi connectivity index (χ3n) is 4.29. The molecule has 0 aliphatic heterocycles. The summed E-state index contributed by atoms with van der Waals surface area (Å²) in [5.74, 6) is 0.606. The molecule has 1 aliphatic rings. The molecule has 1 heterocycles. The Bertz CT molecular complexity index is 731. The average molecular weight is 342 g/mol. The first-order valence-corrected chi connectivity index (χ1v) is 8.38. The minimum absolute atomic E-state index is 0.0837. The minimum atomic E-state index is -0.181. The third kappa shape index (κ3) is 4.09. The van der Waals surface area contributed by atoms with Gasteiger partial charge < -0.3 is 19.9 Å². The number of phenolic OH excluding ortho intramolecular Hbond substituents is 1. The summed E-state index contributed by atoms with van der Waals surface area (Å²) < 4.78 is 10.4. The first-order valence-electron chi connectivity index (χ1n) is 8.38. The molecule has 1 aromatic heterocycles. The molecule has 0 radical (unpaired) electrons. The zero-order valence-corrected chi connectivity index (χ0v) is 14.2. The predicted molar refractivity (Wildman–Crippen MR) is 92.9 cm³/mol. The van der Waals surface area contributed by atoms with E-state index >= 15 is 0 Å². The van der Waals surface area contributed by atoms with Gasteiger partial charge >= 0.3 is 0 Å². The molecule has 0 fully saturated rings. The minimum Gasteiger partial charge on any atom is -0.508 e. The Kier molecular flexibility index (Phi) is 5.50. The van der Waals surface area contributed by atoms with Gasteiger partial charge in [0.2, 0.25) is 5.88 Å². The second-order valence-electron chi connectivity index (χ2n) is 5.99. The molecule has 6 heteroatoms. The van der Waals surface area contributed by atoms with Crippen LogP contribution in [0.25, 0.3) is 0 Å². The van der Waals surface area contributed by atoms with Gasteiger partial charge in [-0.3, -0.25) is 4.79 Å². The largest absolute Gasteiger partial charge is 0.508 e. The molecule has 132 valence electrons. The Labute approximate surface area is 146 Å². The number of phenols is 1. The Hall–Kier alpha value is -2.60. The molecular weight excluding hydrogens is 320 g/mol. The van der Waals surface area contributed by atoms with Crippen LogP contribution < -0.4 is 10.1 Å². The molecule has 0 spiro atoms. The van der Waals surface area contributed by atoms with Crippen LogP contribution in [0.5, 0.6) is 11.6 Å². The van der Waals surface area contributed by atoms with Gasteiger partial charge in [0.1, 0.15) is 5.75 Å². The molecular formula is C19H22N2O4. The van der Waals surface area contributed by atoms with Gasteiger partial charge in [-0.2, -0.15) is 0 Å². The maximum absolute atomic E-state index is 12.4. The summed E-state index contributed by atoms with van der Waals surface area (Å²) in [6.45, 7) is 1.16. The van der Waals surface area contributed by atoms with Crippen molar-refractivity contribution in [2.24, 2.45) is 0 Å². The normalized spacial score (nSPS) is 15.6. The number of hydrogen-bond donors (Lipinski definition) is 2. The lowest BCUT2D eigenvalue weighted by molar-refractivity contribution is 0.0936. The Morgan fingerprint density at radius 2 is 2.20 bits per heavy atom. The van der Waals surface area contributed by atoms with Crippen molar-refractivity contribution >= 4 is 5.91 Å². The van der Waals surface area contributed by atoms with Crippen LogP contribution in [0.2, 0.25) is 0 Å². The van der Waals surface area contributed by atoms with Crippen molar-refractivity contribution in [1.29, 1.82) is 0 Å². The SMILES string of the molecule is COCCCOc1ccc(C(=O)N[C@@H]2CCc3c(O)cccc32)cn1. The molecule has 1 atom stereocenters. The van der Waals surface area contributed by atoms with Crippen molar-refractivity contribution < 1.29 is 19.4 Å². The number of aromatic nitrogens is 1. The quantitative estimate of drug-likeness (QED) is 0.756. The van der Waals surface area contributed by atoms with E-state index in [9.17, 15) is 9.90 Å². The van der Waals surface area contributed by atoms with E-state index in [4.69, 9.17) is 9.47 Å². The maximum atomic E-state index is 12.4. The molecule has 2 aromatic rings. The molecule has 0 unspecified atom stereocenters. The summed E-state index contributed by atoms with van der Waals surface area (Å²) in [4.78, 5) is 16.6. The van der Waals surface area contributed by atoms with E-state index in [-0.39, 0.29) is 11.9 Å². The standard InChI is InChI=1S/C19H22N2O4/c1-24-10-3-11-25-18-9-6-13(12-20-18)19(23)21-16-8-7-15-14(16)4-2-5-17(15)22/h2,4-6,9,12,16,22H,3,7-8,10-11H2,1H3,(H,21,23)/t16-/m1/s1. The molecule has 3 rings (SSSR count). The summed E-state index contributed by atoms with van der Waals surface area (Å²) in [6.07, 6.45) is 3.85. The van der Waals surface area contributed by atoms with Gasteiger partial charge in [0.05, 0.1) is 18.2 Å². The average Bonchev–Trinajstić information content (AvgIpc) is 3.04. The predicted octanol–water partition coefficient (Wildman–Crippen LogP) is 2.62. The third-order valence-corrected chi connectivity index (χ3v) is 4.29. The van der Waals surface area contributed by atoms with Gasteiger partial charge in [0.25, 0.3) is 5.91 Å². The van der Waals surface area contributed by atoms with Gasteiger partial charge in [0.15, 0.2) is 0 Å². The number of benzene rings is 1. The number of methoxy groups -OCH3 is 1. The van der Waals surface area contributed by atoms with E-state index in [0.717, 1.165) is 30.4 Å². The van der Waals surface area contributed by atoms with Crippen LogP contribution in [0, 0.1) is 0 Å². The molecule has 1 amide bonds. The topological polar surface area (TPSA) is 80.7 Å². The fraction of sp³-hybridized carbons (Fsp3) is 0.368. The molecule has 2 N–H and O–H groups in total. The van der Waals surface area contributed by atoms with Crippen LogP contribution in [0.15, 0.2) is 36.5 Å². The molecule has 25 heavy (non-hydrogen) atoms. The Morgan fingerprint density at radius 1 is 1.32 bits per heavy atom. The van der Waals surface area contributed by atoms with Gasteiger partial charge in [-0.05, 0) is 36.1 Å². The van der Waals surface area contributed by atoms with E-state index in [0.29, 0.717) is 30.4 Å². The fourth-order valence-corrected chi connectivity index (χ4v) is 3.01. The smallest absolute Gasteiger partial charge is 0.253 e. The second-order valence-corrected chi connectivity index (χ2v) is 5.99. The van der Waals surface area contributed by atoms with Crippen LogP contribution in [-0.2, 0) is 11.2 Å². The van der Waals surface area contributed by atoms with Crippen molar-refractivity contribution in [2.45, 2.75) is 25.3 Å². The molecule has 1 aromatic carbocycles. The lowest BCUT2D eigenvalue weighted by Crippen LogP contribution is -2.27. The number of fused-ring (bicyclic) bond motifs is 1. The summed E-state index contributed by atoms with van der Waals surface area (Å²) in [7, 11) is 1.65. The maximum Gasteiger partial charge on any atom is 0.253 e. The molecule has 0 saturated heterocycles. The first-order chi connectivity index (χ1) is 12.2. The molecule has 0 saturated carbocycles. The number of nitrogens with one attached hydrogen (secondary N) is 1. The van der Waals surface area contributed by atoms with Crippen molar-refractivity contribution in [3.63, 3.8) is 0 Å². The van der Waals surface area contributed by atoms with Gasteiger partial charge in [-0.1, -0.05) is 12.1 Å². The van der Waals surface area contributed by atoms with Crippen molar-refractivity contribution in [1.82, 2.24) is 10.3 Å². The lowest BCUT2D eigenvalue weighted by Gasteiger charge is -2.14. The van der Waals surface area contributed by atoms with Crippen LogP contribution in [0.4, 0.5) is 0 Å². The van der Waals surface area contributed by atoms with E-state index in [2.05, 4.69) is 10.3 Å². The number of nitrogens with zero attached hydrogens (tertiary/aromatic N) is 1. The number of carbonyl (C=O) groups excluding carboxylic acids is 1. The number of hydrogen-bond acceptors (Lipinski definition) is 5. The van der Waals surface area contributed by atoms with Crippen molar-refractivity contribution in [3.05, 3.63) is 53.2 Å². The van der Waals surface area contributed by atoms with E-state index < -0.39 is 0 Å². The zero-order valence-electron chi connectivity index (χ0n) is 14.2. The lowest BCUT2D eigenvalue weighted by atomic mass is 10.1. The molecule has 0 bridgehead atoms. The number of carbonyl (C=O) groups is 1. The highest BCUT2D eigenvalue weighted by molar-refractivity contribution is 5.94. The first kappa shape index (κ1) is 17.2. The summed E-state index contributed by atoms with van der Waals surface area (Å²) in [5.41, 5.74) is 2.39. The summed E-state index contributed by atoms with van der Waals surface area (Å²) in [5, 5.41) is 12.9. The number of ether oxygens (including phenoxy) is 2. The Balaban J connectivity index is 1.58. The van der Waals surface area contributed by atoms with Gasteiger partial charge in [-0.25, -0.2) is 4.98 Å². The monoisotopic (exact) mass is 342 g/mol. The Morgan fingerprint density at radius 3 is 2.96 bits per heavy atom. The van der Waals surface area contributed by atoms with Crippen LogP contribution >= 0.6 is 0 Å². The van der Waals surface area contributed by atoms with Crippen molar-refractivity contribution in [2.75, 3.05) is 20.3 Å². The number of amides is 1. The highest BCUT2D eigenvalue weighted by atomic mass is 16.5. The van der Waals surface area contributed by atoms with E-state index in [1.165, 1.54) is 6.20 Å². The number of rotatable bonds is 7. The van der Waals surface area contributed by atoms with E-state index in [1.807, 2.05) is 6.07 Å². The number of pyridine rings is 1.